The van der Waals surface area contributed by atoms with Crippen molar-refractivity contribution in [2.75, 3.05) is 26.4 Å². The molecule has 0 aromatic carbocycles. The van der Waals surface area contributed by atoms with Gasteiger partial charge in [-0.25, -0.2) is 4.57 Å². The Kier molecular flexibility index (Phi) is 75.4. The first-order valence-electron chi connectivity index (χ1n) is 39.7. The largest absolute Gasteiger partial charge is 0.472 e. The van der Waals surface area contributed by atoms with Crippen LogP contribution in [0.4, 0.5) is 0 Å². The number of carbonyl (C=O) groups is 2. The molecule has 0 radical (unpaired) electrons. The standard InChI is InChI=1S/C83H150NO8P/c1-3-5-7-9-11-13-15-17-19-21-23-25-27-29-31-33-35-36-37-38-39-40-41-42-43-44-46-48-50-52-54-56-58-60-62-64-66-68-70-72-74-76-83(86)92-81(80-91-93(87,88)90-78-77-84)79-89-82(85)75-73-71-69-67-65-63-61-59-57-55-53-51-49-47-45-34-32-30-28-26-24-22-20-18-16-14-12-10-8-6-4-2/h5,7,11,13,16-19,22-25,28-31,81H,3-4,6,8-10,12,14-15,20-21,26-27,32-80,84H2,1-2H3,(H,87,88)/b7-5-,13-11-,18-16-,19-17-,24-22-,25-23-,30-28-,31-29-. The highest BCUT2D eigenvalue weighted by molar-refractivity contribution is 7.47. The fourth-order valence-corrected chi connectivity index (χ4v) is 12.4. The topological polar surface area (TPSA) is 134 Å². The number of rotatable bonds is 75. The minimum Gasteiger partial charge on any atom is -0.462 e. The lowest BCUT2D eigenvalue weighted by Gasteiger charge is -2.19. The van der Waals surface area contributed by atoms with Crippen molar-refractivity contribution in [3.05, 3.63) is 97.2 Å². The van der Waals surface area contributed by atoms with Gasteiger partial charge in [0.05, 0.1) is 13.2 Å². The van der Waals surface area contributed by atoms with Crippen LogP contribution in [0, 0.1) is 0 Å². The molecule has 93 heavy (non-hydrogen) atoms. The van der Waals surface area contributed by atoms with Gasteiger partial charge >= 0.3 is 19.8 Å². The molecule has 10 heteroatoms. The molecule has 0 saturated heterocycles. The molecule has 0 amide bonds. The molecule has 0 rings (SSSR count). The Bertz CT molecular complexity index is 1850. The van der Waals surface area contributed by atoms with Crippen LogP contribution >= 0.6 is 7.82 Å². The Morgan fingerprint density at radius 3 is 0.882 bits per heavy atom. The molecule has 0 aromatic rings. The lowest BCUT2D eigenvalue weighted by atomic mass is 10.0. The van der Waals surface area contributed by atoms with Gasteiger partial charge in [0.15, 0.2) is 6.10 Å². The average molecular weight is 1320 g/mol. The van der Waals surface area contributed by atoms with Gasteiger partial charge in [0, 0.05) is 19.4 Å². The van der Waals surface area contributed by atoms with Crippen LogP contribution in [0.25, 0.3) is 0 Å². The number of hydrogen-bond acceptors (Lipinski definition) is 8. The maximum absolute atomic E-state index is 12.8. The Balaban J connectivity index is 3.77. The van der Waals surface area contributed by atoms with Crippen LogP contribution in [0.2, 0.25) is 0 Å². The van der Waals surface area contributed by atoms with E-state index in [0.29, 0.717) is 6.42 Å². The summed E-state index contributed by atoms with van der Waals surface area (Å²) in [4.78, 5) is 35.5. The predicted molar refractivity (Wildman–Crippen MR) is 404 cm³/mol. The van der Waals surface area contributed by atoms with Gasteiger partial charge in [-0.1, -0.05) is 374 Å². The van der Waals surface area contributed by atoms with E-state index >= 15 is 0 Å². The molecule has 0 saturated carbocycles. The second-order valence-electron chi connectivity index (χ2n) is 26.6. The molecule has 0 fully saturated rings. The molecule has 2 atom stereocenters. The Labute approximate surface area is 576 Å². The maximum Gasteiger partial charge on any atom is 0.472 e. The number of esters is 2. The predicted octanol–water partition coefficient (Wildman–Crippen LogP) is 26.6. The number of unbranched alkanes of at least 4 members (excludes halogenated alkanes) is 46. The SMILES string of the molecule is CC/C=C\C/C=C\C/C=C\C/C=C\C/C=C\CCCCCCCCCCCCCCCCCCCCCCCCCCCC(=O)OC(COC(=O)CCCCCCCCCCCCCCCCCC/C=C\C/C=C\C/C=C\CCCCCCC)COP(=O)(O)OCCN. The highest BCUT2D eigenvalue weighted by Crippen LogP contribution is 2.43. The van der Waals surface area contributed by atoms with Crippen molar-refractivity contribution in [1.29, 1.82) is 0 Å². The van der Waals surface area contributed by atoms with E-state index in [4.69, 9.17) is 24.3 Å². The third kappa shape index (κ3) is 77.8. The smallest absolute Gasteiger partial charge is 0.462 e. The van der Waals surface area contributed by atoms with Crippen LogP contribution < -0.4 is 5.73 Å². The first-order valence-corrected chi connectivity index (χ1v) is 41.2. The number of hydrogen-bond donors (Lipinski definition) is 2. The molecule has 0 aliphatic carbocycles. The van der Waals surface area contributed by atoms with Gasteiger partial charge in [-0.3, -0.25) is 18.6 Å². The van der Waals surface area contributed by atoms with Crippen molar-refractivity contribution in [2.45, 2.75) is 392 Å². The molecule has 540 valence electrons. The molecule has 0 aliphatic rings. The molecular formula is C83H150NO8P. The highest BCUT2D eigenvalue weighted by atomic mass is 31.2. The third-order valence-corrected chi connectivity index (χ3v) is 18.4. The molecule has 3 N–H and O–H groups in total. The fourth-order valence-electron chi connectivity index (χ4n) is 11.6. The summed E-state index contributed by atoms with van der Waals surface area (Å²) in [5.74, 6) is -0.810. The highest BCUT2D eigenvalue weighted by Gasteiger charge is 2.26. The summed E-state index contributed by atoms with van der Waals surface area (Å²) in [6, 6.07) is 0. The van der Waals surface area contributed by atoms with Crippen LogP contribution in [-0.2, 0) is 32.7 Å². The van der Waals surface area contributed by atoms with Gasteiger partial charge in [0.25, 0.3) is 0 Å². The van der Waals surface area contributed by atoms with Crippen LogP contribution in [0.5, 0.6) is 0 Å². The number of phosphoric ester groups is 1. The van der Waals surface area contributed by atoms with Gasteiger partial charge in [-0.15, -0.1) is 0 Å². The second kappa shape index (κ2) is 77.9. The summed E-state index contributed by atoms with van der Waals surface area (Å²) >= 11 is 0. The van der Waals surface area contributed by atoms with Gasteiger partial charge in [-0.05, 0) is 96.3 Å². The summed E-state index contributed by atoms with van der Waals surface area (Å²) in [6.07, 6.45) is 107. The second-order valence-corrected chi connectivity index (χ2v) is 28.0. The van der Waals surface area contributed by atoms with Crippen molar-refractivity contribution in [3.63, 3.8) is 0 Å². The van der Waals surface area contributed by atoms with Gasteiger partial charge in [0.2, 0.25) is 0 Å². The van der Waals surface area contributed by atoms with Crippen LogP contribution in [0.1, 0.15) is 386 Å². The van der Waals surface area contributed by atoms with Crippen LogP contribution in [-0.4, -0.2) is 49.3 Å². The minimum absolute atomic E-state index is 0.0534. The Morgan fingerprint density at radius 1 is 0.333 bits per heavy atom. The van der Waals surface area contributed by atoms with Crippen molar-refractivity contribution in [3.8, 4) is 0 Å². The summed E-state index contributed by atoms with van der Waals surface area (Å²) < 4.78 is 33.3. The normalized spacial score (nSPS) is 13.4. The molecule has 0 spiro atoms. The van der Waals surface area contributed by atoms with Crippen molar-refractivity contribution < 1.29 is 37.6 Å². The summed E-state index contributed by atoms with van der Waals surface area (Å²) in [7, 11) is -4.40. The van der Waals surface area contributed by atoms with Crippen molar-refractivity contribution in [2.24, 2.45) is 5.73 Å². The van der Waals surface area contributed by atoms with E-state index in [9.17, 15) is 19.0 Å². The van der Waals surface area contributed by atoms with Gasteiger partial charge in [0.1, 0.15) is 6.61 Å². The van der Waals surface area contributed by atoms with E-state index in [1.807, 2.05) is 0 Å². The van der Waals surface area contributed by atoms with Crippen LogP contribution in [0.3, 0.4) is 0 Å². The quantitative estimate of drug-likeness (QED) is 0.0264. The molecule has 9 nitrogen and oxygen atoms in total. The zero-order chi connectivity index (χ0) is 67.2. The van der Waals surface area contributed by atoms with E-state index in [1.54, 1.807) is 0 Å². The first kappa shape index (κ1) is 89.9. The van der Waals surface area contributed by atoms with Gasteiger partial charge < -0.3 is 20.1 Å². The summed E-state index contributed by atoms with van der Waals surface area (Å²) in [6.45, 7) is 3.67. The lowest BCUT2D eigenvalue weighted by Crippen LogP contribution is -2.29. The maximum atomic E-state index is 12.8. The summed E-state index contributed by atoms with van der Waals surface area (Å²) in [5.41, 5.74) is 5.42. The molecule has 0 bridgehead atoms. The zero-order valence-corrected chi connectivity index (χ0v) is 61.9. The van der Waals surface area contributed by atoms with E-state index in [0.717, 1.165) is 77.0 Å². The fraction of sp³-hybridized carbons (Fsp3) is 0.783. The number of ether oxygens (including phenoxy) is 2. The Morgan fingerprint density at radius 2 is 0.591 bits per heavy atom. The van der Waals surface area contributed by atoms with Crippen LogP contribution in [0.15, 0.2) is 97.2 Å². The zero-order valence-electron chi connectivity index (χ0n) is 61.0. The van der Waals surface area contributed by atoms with E-state index in [1.165, 1.54) is 276 Å². The minimum atomic E-state index is -4.40. The van der Waals surface area contributed by atoms with Gasteiger partial charge in [-0.2, -0.15) is 0 Å². The third-order valence-electron chi connectivity index (χ3n) is 17.5. The van der Waals surface area contributed by atoms with E-state index in [2.05, 4.69) is 111 Å². The van der Waals surface area contributed by atoms with E-state index in [-0.39, 0.29) is 38.6 Å². The lowest BCUT2D eigenvalue weighted by molar-refractivity contribution is -0.161. The molecule has 0 aromatic heterocycles. The average Bonchev–Trinajstić information content (AvgIpc) is 3.49. The number of nitrogens with two attached hydrogens (primary N) is 1. The molecule has 0 aliphatic heterocycles. The van der Waals surface area contributed by atoms with E-state index < -0.39 is 26.5 Å². The summed E-state index contributed by atoms with van der Waals surface area (Å²) in [5, 5.41) is 0. The number of allylic oxidation sites excluding steroid dienone is 16. The number of carbonyl (C=O) groups excluding carboxylic acids is 2. The molecule has 2 unspecified atom stereocenters. The van der Waals surface area contributed by atoms with Crippen molar-refractivity contribution >= 4 is 19.8 Å². The molecular weight excluding hydrogens is 1170 g/mol. The van der Waals surface area contributed by atoms with Crippen molar-refractivity contribution in [1.82, 2.24) is 0 Å². The monoisotopic (exact) mass is 1320 g/mol. The molecule has 0 heterocycles. The Hall–Kier alpha value is -3.07. The number of phosphoric acid groups is 1. The first-order chi connectivity index (χ1) is 45.8.